The maximum Gasteiger partial charge on any atom is 0.329 e. The van der Waals surface area contributed by atoms with Gasteiger partial charge in [0.2, 0.25) is 0 Å². The number of aryl methyl sites for hydroxylation is 1. The van der Waals surface area contributed by atoms with Gasteiger partial charge in [0.25, 0.3) is 5.56 Å². The lowest BCUT2D eigenvalue weighted by Gasteiger charge is -2.24. The summed E-state index contributed by atoms with van der Waals surface area (Å²) >= 11 is 0. The van der Waals surface area contributed by atoms with Gasteiger partial charge in [-0.15, -0.1) is 0 Å². The van der Waals surface area contributed by atoms with E-state index in [0.29, 0.717) is 5.56 Å². The van der Waals surface area contributed by atoms with Crippen molar-refractivity contribution in [1.29, 1.82) is 0 Å². The maximum absolute atomic E-state index is 12.1. The summed E-state index contributed by atoms with van der Waals surface area (Å²) in [5, 5.41) is 0. The van der Waals surface area contributed by atoms with Crippen LogP contribution in [0.25, 0.3) is 0 Å². The molecule has 2 rings (SSSR count). The molecule has 0 spiro atoms. The van der Waals surface area contributed by atoms with Crippen molar-refractivity contribution in [1.82, 2.24) is 4.57 Å². The first-order valence-electron chi connectivity index (χ1n) is 6.98. The fraction of sp³-hybridized carbons (Fsp3) is 0.600. The Bertz CT molecular complexity index is 500. The Labute approximate surface area is 113 Å². The molecule has 4 heteroatoms. The van der Waals surface area contributed by atoms with Crippen molar-refractivity contribution in [2.45, 2.75) is 58.1 Å². The van der Waals surface area contributed by atoms with Crippen LogP contribution in [0, 0.1) is 6.92 Å². The van der Waals surface area contributed by atoms with Crippen molar-refractivity contribution in [2.24, 2.45) is 0 Å². The zero-order chi connectivity index (χ0) is 13.8. The van der Waals surface area contributed by atoms with Crippen LogP contribution in [0.15, 0.2) is 23.1 Å². The Morgan fingerprint density at radius 3 is 2.74 bits per heavy atom. The Balaban J connectivity index is 2.06. The normalized spacial score (nSPS) is 18.0. The number of pyridine rings is 1. The molecule has 1 unspecified atom stereocenters. The first-order valence-corrected chi connectivity index (χ1v) is 6.98. The zero-order valence-electron chi connectivity index (χ0n) is 11.6. The van der Waals surface area contributed by atoms with Crippen LogP contribution in [-0.2, 0) is 9.53 Å². The van der Waals surface area contributed by atoms with Crippen LogP contribution in [0.5, 0.6) is 0 Å². The summed E-state index contributed by atoms with van der Waals surface area (Å²) in [5.74, 6) is -0.306. The molecular formula is C15H21NO3. The topological polar surface area (TPSA) is 48.3 Å². The highest BCUT2D eigenvalue weighted by Gasteiger charge is 2.23. The molecular weight excluding hydrogens is 242 g/mol. The van der Waals surface area contributed by atoms with E-state index in [1.165, 1.54) is 11.0 Å². The van der Waals surface area contributed by atoms with Crippen molar-refractivity contribution in [3.05, 3.63) is 34.2 Å². The van der Waals surface area contributed by atoms with E-state index in [9.17, 15) is 9.59 Å². The van der Waals surface area contributed by atoms with Crippen LogP contribution >= 0.6 is 0 Å². The smallest absolute Gasteiger partial charge is 0.329 e. The average Bonchev–Trinajstić information content (AvgIpc) is 2.42. The molecule has 1 aromatic heterocycles. The molecule has 0 aliphatic heterocycles. The monoisotopic (exact) mass is 263 g/mol. The van der Waals surface area contributed by atoms with Crippen molar-refractivity contribution < 1.29 is 9.53 Å². The first kappa shape index (κ1) is 13.8. The minimum atomic E-state index is -0.561. The van der Waals surface area contributed by atoms with E-state index in [-0.39, 0.29) is 17.6 Å². The number of esters is 1. The second kappa shape index (κ2) is 6.04. The lowest BCUT2D eigenvalue weighted by molar-refractivity contribution is -0.154. The molecule has 0 saturated heterocycles. The number of aromatic nitrogens is 1. The van der Waals surface area contributed by atoms with Gasteiger partial charge in [0, 0.05) is 11.8 Å². The highest BCUT2D eigenvalue weighted by molar-refractivity contribution is 5.74. The summed E-state index contributed by atoms with van der Waals surface area (Å²) < 4.78 is 6.95. The molecule has 1 saturated carbocycles. The molecule has 1 fully saturated rings. The second-order valence-corrected chi connectivity index (χ2v) is 5.28. The standard InChI is InChI=1S/C15H21NO3/c1-11-7-6-10-16(14(11)17)12(2)15(18)19-13-8-4-3-5-9-13/h6-7,10,12-13H,3-5,8-9H2,1-2H3. The lowest BCUT2D eigenvalue weighted by atomic mass is 9.98. The summed E-state index contributed by atoms with van der Waals surface area (Å²) in [5.41, 5.74) is 0.510. The number of rotatable bonds is 3. The van der Waals surface area contributed by atoms with Crippen LogP contribution in [0.2, 0.25) is 0 Å². The highest BCUT2D eigenvalue weighted by atomic mass is 16.5. The average molecular weight is 263 g/mol. The van der Waals surface area contributed by atoms with Crippen LogP contribution in [0.4, 0.5) is 0 Å². The van der Waals surface area contributed by atoms with Crippen molar-refractivity contribution in [2.75, 3.05) is 0 Å². The van der Waals surface area contributed by atoms with Gasteiger partial charge in [0.05, 0.1) is 0 Å². The van der Waals surface area contributed by atoms with Crippen molar-refractivity contribution in [3.63, 3.8) is 0 Å². The largest absolute Gasteiger partial charge is 0.461 e. The summed E-state index contributed by atoms with van der Waals surface area (Å²) in [6.07, 6.45) is 7.03. The Kier molecular flexibility index (Phi) is 4.40. The Morgan fingerprint density at radius 2 is 2.05 bits per heavy atom. The van der Waals surface area contributed by atoms with Gasteiger partial charge in [-0.05, 0) is 45.6 Å². The molecule has 1 aromatic rings. The van der Waals surface area contributed by atoms with E-state index < -0.39 is 6.04 Å². The molecule has 1 aliphatic carbocycles. The number of hydrogen-bond donors (Lipinski definition) is 0. The molecule has 1 heterocycles. The minimum Gasteiger partial charge on any atom is -0.461 e. The van der Waals surface area contributed by atoms with Crippen LogP contribution in [-0.4, -0.2) is 16.6 Å². The number of ether oxygens (including phenoxy) is 1. The number of carbonyl (C=O) groups is 1. The third kappa shape index (κ3) is 3.25. The van der Waals surface area contributed by atoms with Gasteiger partial charge >= 0.3 is 5.97 Å². The van der Waals surface area contributed by atoms with E-state index in [2.05, 4.69) is 0 Å². The zero-order valence-corrected chi connectivity index (χ0v) is 11.6. The van der Waals surface area contributed by atoms with E-state index in [1.807, 2.05) is 0 Å². The third-order valence-corrected chi connectivity index (χ3v) is 3.76. The maximum atomic E-state index is 12.1. The molecule has 1 atom stereocenters. The van der Waals surface area contributed by atoms with Crippen LogP contribution in [0.3, 0.4) is 0 Å². The molecule has 0 N–H and O–H groups in total. The lowest BCUT2D eigenvalue weighted by Crippen LogP contribution is -2.32. The van der Waals surface area contributed by atoms with E-state index in [0.717, 1.165) is 25.7 Å². The van der Waals surface area contributed by atoms with E-state index in [4.69, 9.17) is 4.74 Å². The van der Waals surface area contributed by atoms with Gasteiger partial charge in [-0.2, -0.15) is 0 Å². The van der Waals surface area contributed by atoms with Gasteiger partial charge in [-0.25, -0.2) is 4.79 Å². The summed E-state index contributed by atoms with van der Waals surface area (Å²) in [6.45, 7) is 3.46. The minimum absolute atomic E-state index is 0.0317. The molecule has 4 nitrogen and oxygen atoms in total. The van der Waals surface area contributed by atoms with Gasteiger partial charge in [-0.1, -0.05) is 12.5 Å². The first-order chi connectivity index (χ1) is 9.09. The quantitative estimate of drug-likeness (QED) is 0.787. The fourth-order valence-corrected chi connectivity index (χ4v) is 2.49. The SMILES string of the molecule is Cc1cccn(C(C)C(=O)OC2CCCCC2)c1=O. The van der Waals surface area contributed by atoms with Gasteiger partial charge in [0.15, 0.2) is 0 Å². The highest BCUT2D eigenvalue weighted by Crippen LogP contribution is 2.21. The second-order valence-electron chi connectivity index (χ2n) is 5.28. The molecule has 0 radical (unpaired) electrons. The Hall–Kier alpha value is -1.58. The summed E-state index contributed by atoms with van der Waals surface area (Å²) in [7, 11) is 0. The molecule has 0 aromatic carbocycles. The van der Waals surface area contributed by atoms with Crippen LogP contribution in [0.1, 0.15) is 50.6 Å². The molecule has 0 amide bonds. The van der Waals surface area contributed by atoms with Gasteiger partial charge < -0.3 is 9.30 Å². The predicted octanol–water partition coefficient (Wildman–Crippen LogP) is 2.59. The Morgan fingerprint density at radius 1 is 1.37 bits per heavy atom. The summed E-state index contributed by atoms with van der Waals surface area (Å²) in [4.78, 5) is 24.1. The molecule has 19 heavy (non-hydrogen) atoms. The number of nitrogens with zero attached hydrogens (tertiary/aromatic N) is 1. The molecule has 0 bridgehead atoms. The third-order valence-electron chi connectivity index (χ3n) is 3.76. The number of hydrogen-bond acceptors (Lipinski definition) is 3. The summed E-state index contributed by atoms with van der Waals surface area (Å²) in [6, 6.07) is 2.97. The van der Waals surface area contributed by atoms with Gasteiger partial charge in [0.1, 0.15) is 12.1 Å². The molecule has 104 valence electrons. The molecule has 1 aliphatic rings. The van der Waals surface area contributed by atoms with E-state index >= 15 is 0 Å². The van der Waals surface area contributed by atoms with Crippen LogP contribution < -0.4 is 5.56 Å². The fourth-order valence-electron chi connectivity index (χ4n) is 2.49. The van der Waals surface area contributed by atoms with Crippen molar-refractivity contribution in [3.8, 4) is 0 Å². The number of carbonyl (C=O) groups excluding carboxylic acids is 1. The van der Waals surface area contributed by atoms with Crippen molar-refractivity contribution >= 4 is 5.97 Å². The predicted molar refractivity (Wildman–Crippen MR) is 73.1 cm³/mol. The van der Waals surface area contributed by atoms with E-state index in [1.54, 1.807) is 32.2 Å². The van der Waals surface area contributed by atoms with Gasteiger partial charge in [-0.3, -0.25) is 4.79 Å².